The molecule has 0 radical (unpaired) electrons. The van der Waals surface area contributed by atoms with Crippen LogP contribution in [0, 0.1) is 0 Å². The minimum absolute atomic E-state index is 0.289. The fraction of sp³-hybridized carbons (Fsp3) is 0.286. The van der Waals surface area contributed by atoms with Gasteiger partial charge in [0.2, 0.25) is 0 Å². The Labute approximate surface area is 164 Å². The molecule has 2 N–H and O–H groups in total. The maximum atomic E-state index is 12.0. The van der Waals surface area contributed by atoms with Gasteiger partial charge in [0.25, 0.3) is 0 Å². The molecule has 0 spiro atoms. The van der Waals surface area contributed by atoms with Crippen LogP contribution in [0.4, 0.5) is 0 Å². The standard InChI is InChI=1S/C21H25N3O4/c1-4-27-18-12-11-16(13-19(18)28-5-2)14-22-24-21(26)20(25)23-15(3)17-9-7-6-8-10-17/h6-15H,4-5H2,1-3H3,(H,23,25)(H,24,26)/b22-14-/t15-/m1/s1. The lowest BCUT2D eigenvalue weighted by molar-refractivity contribution is -0.139. The van der Waals surface area contributed by atoms with Crippen molar-refractivity contribution in [1.82, 2.24) is 10.7 Å². The lowest BCUT2D eigenvalue weighted by Gasteiger charge is -2.13. The van der Waals surface area contributed by atoms with Crippen LogP contribution < -0.4 is 20.2 Å². The Morgan fingerprint density at radius 1 is 1.00 bits per heavy atom. The van der Waals surface area contributed by atoms with Gasteiger partial charge in [-0.25, -0.2) is 5.43 Å². The van der Waals surface area contributed by atoms with E-state index in [0.29, 0.717) is 30.3 Å². The van der Waals surface area contributed by atoms with Crippen molar-refractivity contribution in [3.05, 3.63) is 59.7 Å². The first-order chi connectivity index (χ1) is 13.5. The van der Waals surface area contributed by atoms with Crippen molar-refractivity contribution in [2.24, 2.45) is 5.10 Å². The van der Waals surface area contributed by atoms with E-state index in [1.54, 1.807) is 25.1 Å². The molecule has 0 heterocycles. The number of ether oxygens (including phenoxy) is 2. The van der Waals surface area contributed by atoms with Gasteiger partial charge >= 0.3 is 11.8 Å². The second-order valence-corrected chi connectivity index (χ2v) is 5.88. The molecule has 0 aliphatic rings. The van der Waals surface area contributed by atoms with Crippen molar-refractivity contribution in [3.63, 3.8) is 0 Å². The third kappa shape index (κ3) is 6.12. The van der Waals surface area contributed by atoms with Gasteiger partial charge in [-0.3, -0.25) is 9.59 Å². The number of hydrogen-bond acceptors (Lipinski definition) is 5. The fourth-order valence-corrected chi connectivity index (χ4v) is 2.45. The summed E-state index contributed by atoms with van der Waals surface area (Å²) in [7, 11) is 0. The molecular formula is C21H25N3O4. The lowest BCUT2D eigenvalue weighted by atomic mass is 10.1. The molecule has 2 rings (SSSR count). The summed E-state index contributed by atoms with van der Waals surface area (Å²) in [5.41, 5.74) is 3.83. The Hall–Kier alpha value is -3.35. The topological polar surface area (TPSA) is 89.0 Å². The van der Waals surface area contributed by atoms with Crippen LogP contribution in [0.5, 0.6) is 11.5 Å². The smallest absolute Gasteiger partial charge is 0.329 e. The Bertz CT molecular complexity index is 822. The third-order valence-corrected chi connectivity index (χ3v) is 3.80. The summed E-state index contributed by atoms with van der Waals surface area (Å²) in [6.07, 6.45) is 1.43. The van der Waals surface area contributed by atoms with E-state index >= 15 is 0 Å². The molecule has 0 fully saturated rings. The van der Waals surface area contributed by atoms with Gasteiger partial charge in [-0.15, -0.1) is 0 Å². The number of carbonyl (C=O) groups excluding carboxylic acids is 2. The summed E-state index contributed by atoms with van der Waals surface area (Å²) in [4.78, 5) is 23.9. The van der Waals surface area contributed by atoms with Gasteiger partial charge < -0.3 is 14.8 Å². The molecule has 0 aliphatic carbocycles. The van der Waals surface area contributed by atoms with E-state index in [0.717, 1.165) is 5.56 Å². The Morgan fingerprint density at radius 2 is 1.68 bits per heavy atom. The zero-order valence-corrected chi connectivity index (χ0v) is 16.3. The van der Waals surface area contributed by atoms with Gasteiger partial charge in [-0.1, -0.05) is 30.3 Å². The van der Waals surface area contributed by atoms with Gasteiger partial charge in [0.15, 0.2) is 11.5 Å². The van der Waals surface area contributed by atoms with Crippen LogP contribution in [0.15, 0.2) is 53.6 Å². The third-order valence-electron chi connectivity index (χ3n) is 3.80. The lowest BCUT2D eigenvalue weighted by Crippen LogP contribution is -2.39. The van der Waals surface area contributed by atoms with Gasteiger partial charge in [0.1, 0.15) is 0 Å². The van der Waals surface area contributed by atoms with E-state index < -0.39 is 11.8 Å². The summed E-state index contributed by atoms with van der Waals surface area (Å²) in [6, 6.07) is 14.4. The SMILES string of the molecule is CCOc1ccc(/C=N\NC(=O)C(=O)N[C@H](C)c2ccccc2)cc1OCC. The number of rotatable bonds is 8. The zero-order valence-electron chi connectivity index (χ0n) is 16.3. The van der Waals surface area contributed by atoms with Crippen LogP contribution in [-0.4, -0.2) is 31.2 Å². The monoisotopic (exact) mass is 383 g/mol. The quantitative estimate of drug-likeness (QED) is 0.417. The highest BCUT2D eigenvalue weighted by Gasteiger charge is 2.16. The summed E-state index contributed by atoms with van der Waals surface area (Å²) in [6.45, 7) is 6.60. The number of nitrogens with zero attached hydrogens (tertiary/aromatic N) is 1. The summed E-state index contributed by atoms with van der Waals surface area (Å²) < 4.78 is 11.0. The summed E-state index contributed by atoms with van der Waals surface area (Å²) >= 11 is 0. The predicted octanol–water partition coefficient (Wildman–Crippen LogP) is 2.81. The van der Waals surface area contributed by atoms with Crippen LogP contribution in [-0.2, 0) is 9.59 Å². The maximum Gasteiger partial charge on any atom is 0.329 e. The van der Waals surface area contributed by atoms with Gasteiger partial charge in [-0.05, 0) is 50.1 Å². The number of benzene rings is 2. The van der Waals surface area contributed by atoms with Crippen LogP contribution in [0.25, 0.3) is 0 Å². The van der Waals surface area contributed by atoms with E-state index in [9.17, 15) is 9.59 Å². The highest BCUT2D eigenvalue weighted by atomic mass is 16.5. The minimum Gasteiger partial charge on any atom is -0.490 e. The van der Waals surface area contributed by atoms with Crippen molar-refractivity contribution < 1.29 is 19.1 Å². The van der Waals surface area contributed by atoms with E-state index in [1.165, 1.54) is 6.21 Å². The molecule has 0 unspecified atom stereocenters. The Balaban J connectivity index is 1.93. The Kier molecular flexibility index (Phi) is 8.02. The molecule has 0 bridgehead atoms. The predicted molar refractivity (Wildman–Crippen MR) is 108 cm³/mol. The number of hydrogen-bond donors (Lipinski definition) is 2. The average molecular weight is 383 g/mol. The second-order valence-electron chi connectivity index (χ2n) is 5.88. The number of amides is 2. The van der Waals surface area contributed by atoms with Crippen molar-refractivity contribution in [2.45, 2.75) is 26.8 Å². The molecule has 0 aromatic heterocycles. The molecule has 7 heteroatoms. The van der Waals surface area contributed by atoms with Gasteiger partial charge in [0.05, 0.1) is 25.5 Å². The van der Waals surface area contributed by atoms with E-state index in [1.807, 2.05) is 44.2 Å². The molecular weight excluding hydrogens is 358 g/mol. The largest absolute Gasteiger partial charge is 0.490 e. The van der Waals surface area contributed by atoms with Crippen molar-refractivity contribution >= 4 is 18.0 Å². The highest BCUT2D eigenvalue weighted by molar-refractivity contribution is 6.35. The number of hydrazone groups is 1. The van der Waals surface area contributed by atoms with Crippen LogP contribution in [0.1, 0.15) is 37.9 Å². The summed E-state index contributed by atoms with van der Waals surface area (Å²) in [5.74, 6) is -0.362. The molecule has 2 aromatic rings. The molecule has 0 saturated carbocycles. The van der Waals surface area contributed by atoms with Gasteiger partial charge in [-0.2, -0.15) is 5.10 Å². The summed E-state index contributed by atoms with van der Waals surface area (Å²) in [5, 5.41) is 6.47. The minimum atomic E-state index is -0.838. The van der Waals surface area contributed by atoms with Crippen LogP contribution >= 0.6 is 0 Å². The van der Waals surface area contributed by atoms with E-state index in [-0.39, 0.29) is 6.04 Å². The highest BCUT2D eigenvalue weighted by Crippen LogP contribution is 2.27. The molecule has 148 valence electrons. The molecule has 1 atom stereocenters. The first-order valence-corrected chi connectivity index (χ1v) is 9.13. The van der Waals surface area contributed by atoms with E-state index in [4.69, 9.17) is 9.47 Å². The second kappa shape index (κ2) is 10.7. The molecule has 7 nitrogen and oxygen atoms in total. The molecule has 28 heavy (non-hydrogen) atoms. The van der Waals surface area contributed by atoms with Gasteiger partial charge in [0, 0.05) is 0 Å². The maximum absolute atomic E-state index is 12.0. The average Bonchev–Trinajstić information content (AvgIpc) is 2.70. The first-order valence-electron chi connectivity index (χ1n) is 9.13. The fourth-order valence-electron chi connectivity index (χ4n) is 2.45. The number of carbonyl (C=O) groups is 2. The van der Waals surface area contributed by atoms with Crippen LogP contribution in [0.2, 0.25) is 0 Å². The van der Waals surface area contributed by atoms with Crippen molar-refractivity contribution in [3.8, 4) is 11.5 Å². The van der Waals surface area contributed by atoms with Crippen LogP contribution in [0.3, 0.4) is 0 Å². The normalized spacial score (nSPS) is 11.7. The Morgan fingerprint density at radius 3 is 2.36 bits per heavy atom. The van der Waals surface area contributed by atoms with Crippen molar-refractivity contribution in [1.29, 1.82) is 0 Å². The van der Waals surface area contributed by atoms with Crippen molar-refractivity contribution in [2.75, 3.05) is 13.2 Å². The number of nitrogens with one attached hydrogen (secondary N) is 2. The molecule has 0 saturated heterocycles. The van der Waals surface area contributed by atoms with E-state index in [2.05, 4.69) is 15.8 Å². The molecule has 0 aliphatic heterocycles. The molecule has 2 aromatic carbocycles. The molecule has 2 amide bonds. The zero-order chi connectivity index (χ0) is 20.4. The first kappa shape index (κ1) is 21.0.